The summed E-state index contributed by atoms with van der Waals surface area (Å²) in [4.78, 5) is 0. The average Bonchev–Trinajstić information content (AvgIpc) is 2.44. The van der Waals surface area contributed by atoms with Gasteiger partial charge in [0.25, 0.3) is 0 Å². The van der Waals surface area contributed by atoms with E-state index in [9.17, 15) is 0 Å². The van der Waals surface area contributed by atoms with E-state index in [1.54, 1.807) is 7.11 Å². The van der Waals surface area contributed by atoms with Gasteiger partial charge < -0.3 is 15.4 Å². The first-order valence-corrected chi connectivity index (χ1v) is 7.20. The average molecular weight is 300 g/mol. The third kappa shape index (κ3) is 3.95. The summed E-state index contributed by atoms with van der Waals surface area (Å²) in [5.74, 6) is 0.839. The van der Waals surface area contributed by atoms with Gasteiger partial charge in [-0.2, -0.15) is 0 Å². The van der Waals surface area contributed by atoms with Gasteiger partial charge in [0.2, 0.25) is 0 Å². The van der Waals surface area contributed by atoms with E-state index in [0.717, 1.165) is 22.7 Å². The molecule has 0 fully saturated rings. The van der Waals surface area contributed by atoms with E-state index in [1.165, 1.54) is 11.1 Å². The molecule has 0 aliphatic rings. The number of aryl methyl sites for hydroxylation is 3. The summed E-state index contributed by atoms with van der Waals surface area (Å²) in [7, 11) is 1.66. The van der Waals surface area contributed by atoms with E-state index in [1.807, 2.05) is 31.2 Å². The van der Waals surface area contributed by atoms with Gasteiger partial charge >= 0.3 is 0 Å². The van der Waals surface area contributed by atoms with Gasteiger partial charge in [-0.3, -0.25) is 0 Å². The lowest BCUT2D eigenvalue weighted by molar-refractivity contribution is 0.414. The quantitative estimate of drug-likeness (QED) is 0.822. The molecule has 0 aromatic heterocycles. The van der Waals surface area contributed by atoms with Crippen molar-refractivity contribution in [2.24, 2.45) is 0 Å². The molecule has 0 spiro atoms. The fourth-order valence-electron chi connectivity index (χ4n) is 2.13. The molecule has 0 saturated heterocycles. The van der Waals surface area contributed by atoms with Crippen LogP contribution >= 0.6 is 12.2 Å². The van der Waals surface area contributed by atoms with Gasteiger partial charge in [0, 0.05) is 11.4 Å². The third-order valence-electron chi connectivity index (χ3n) is 3.31. The van der Waals surface area contributed by atoms with Crippen LogP contribution in [0.5, 0.6) is 5.75 Å². The highest BCUT2D eigenvalue weighted by Gasteiger charge is 2.05. The van der Waals surface area contributed by atoms with Crippen LogP contribution in [0.4, 0.5) is 11.4 Å². The standard InChI is InChI=1S/C17H20N2OS/c1-11-5-7-15(12(2)9-11)18-17(21)19-16-8-6-14(20-4)10-13(16)3/h5-10H,1-4H3,(H2,18,19,21). The SMILES string of the molecule is COc1ccc(NC(=S)Nc2ccc(C)cc2C)c(C)c1. The van der Waals surface area contributed by atoms with Crippen molar-refractivity contribution in [3.63, 3.8) is 0 Å². The topological polar surface area (TPSA) is 33.3 Å². The first-order chi connectivity index (χ1) is 9.99. The molecule has 3 nitrogen and oxygen atoms in total. The molecule has 2 aromatic rings. The lowest BCUT2D eigenvalue weighted by Gasteiger charge is -2.15. The molecule has 0 heterocycles. The maximum Gasteiger partial charge on any atom is 0.175 e. The van der Waals surface area contributed by atoms with E-state index in [4.69, 9.17) is 17.0 Å². The molecule has 2 aromatic carbocycles. The Balaban J connectivity index is 2.08. The van der Waals surface area contributed by atoms with E-state index in [2.05, 4.69) is 36.6 Å². The van der Waals surface area contributed by atoms with Crippen molar-refractivity contribution in [3.8, 4) is 5.75 Å². The van der Waals surface area contributed by atoms with Crippen LogP contribution in [-0.2, 0) is 0 Å². The number of ether oxygens (including phenoxy) is 1. The lowest BCUT2D eigenvalue weighted by Crippen LogP contribution is -2.20. The number of rotatable bonds is 3. The van der Waals surface area contributed by atoms with Crippen molar-refractivity contribution in [2.75, 3.05) is 17.7 Å². The predicted octanol–water partition coefficient (Wildman–Crippen LogP) is 4.43. The van der Waals surface area contributed by atoms with Crippen LogP contribution in [-0.4, -0.2) is 12.2 Å². The molecule has 4 heteroatoms. The Morgan fingerprint density at radius 2 is 1.48 bits per heavy atom. The number of thiocarbonyl (C=S) groups is 1. The molecule has 0 saturated carbocycles. The number of hydrogen-bond donors (Lipinski definition) is 2. The number of anilines is 2. The molecule has 0 bridgehead atoms. The minimum absolute atomic E-state index is 0.579. The van der Waals surface area contributed by atoms with Crippen molar-refractivity contribution in [3.05, 3.63) is 53.1 Å². The highest BCUT2D eigenvalue weighted by atomic mass is 32.1. The Bertz CT molecular complexity index is 668. The van der Waals surface area contributed by atoms with Gasteiger partial charge in [0.1, 0.15) is 5.75 Å². The normalized spacial score (nSPS) is 10.1. The second-order valence-corrected chi connectivity index (χ2v) is 5.49. The van der Waals surface area contributed by atoms with Gasteiger partial charge in [-0.1, -0.05) is 17.7 Å². The summed E-state index contributed by atoms with van der Waals surface area (Å²) in [6.07, 6.45) is 0. The Hall–Kier alpha value is -2.07. The molecule has 0 atom stereocenters. The van der Waals surface area contributed by atoms with Gasteiger partial charge in [0.05, 0.1) is 7.11 Å². The lowest BCUT2D eigenvalue weighted by atomic mass is 10.1. The van der Waals surface area contributed by atoms with Gasteiger partial charge in [-0.15, -0.1) is 0 Å². The predicted molar refractivity (Wildman–Crippen MR) is 93.5 cm³/mol. The Morgan fingerprint density at radius 3 is 2.00 bits per heavy atom. The minimum Gasteiger partial charge on any atom is -0.497 e. The van der Waals surface area contributed by atoms with Crippen molar-refractivity contribution < 1.29 is 4.74 Å². The number of hydrogen-bond acceptors (Lipinski definition) is 2. The van der Waals surface area contributed by atoms with E-state index < -0.39 is 0 Å². The van der Waals surface area contributed by atoms with Crippen LogP contribution in [0.3, 0.4) is 0 Å². The fraction of sp³-hybridized carbons (Fsp3) is 0.235. The molecule has 0 amide bonds. The van der Waals surface area contributed by atoms with Gasteiger partial charge in [0.15, 0.2) is 5.11 Å². The highest BCUT2D eigenvalue weighted by molar-refractivity contribution is 7.80. The summed E-state index contributed by atoms with van der Waals surface area (Å²) in [6.45, 7) is 6.16. The molecule has 0 aliphatic carbocycles. The van der Waals surface area contributed by atoms with Crippen LogP contribution in [0, 0.1) is 20.8 Å². The van der Waals surface area contributed by atoms with Gasteiger partial charge in [-0.25, -0.2) is 0 Å². The summed E-state index contributed by atoms with van der Waals surface area (Å²) in [5, 5.41) is 7.03. The van der Waals surface area contributed by atoms with E-state index in [0.29, 0.717) is 5.11 Å². The van der Waals surface area contributed by atoms with Crippen molar-refractivity contribution in [2.45, 2.75) is 20.8 Å². The second-order valence-electron chi connectivity index (χ2n) is 5.08. The van der Waals surface area contributed by atoms with E-state index in [-0.39, 0.29) is 0 Å². The maximum absolute atomic E-state index is 5.38. The zero-order valence-electron chi connectivity index (χ0n) is 12.8. The molecule has 0 unspecified atom stereocenters. The van der Waals surface area contributed by atoms with Crippen LogP contribution in [0.15, 0.2) is 36.4 Å². The molecular formula is C17H20N2OS. The monoisotopic (exact) mass is 300 g/mol. The molecule has 110 valence electrons. The molecule has 0 radical (unpaired) electrons. The van der Waals surface area contributed by atoms with Crippen LogP contribution in [0.2, 0.25) is 0 Å². The minimum atomic E-state index is 0.579. The molecule has 21 heavy (non-hydrogen) atoms. The Labute approximate surface area is 131 Å². The molecule has 0 aliphatic heterocycles. The number of benzene rings is 2. The summed E-state index contributed by atoms with van der Waals surface area (Å²) >= 11 is 5.38. The number of nitrogens with one attached hydrogen (secondary N) is 2. The smallest absolute Gasteiger partial charge is 0.175 e. The number of methoxy groups -OCH3 is 1. The summed E-state index contributed by atoms with van der Waals surface area (Å²) in [6, 6.07) is 12.1. The Morgan fingerprint density at radius 1 is 0.905 bits per heavy atom. The summed E-state index contributed by atoms with van der Waals surface area (Å²) in [5.41, 5.74) is 5.48. The molecule has 2 rings (SSSR count). The molecular weight excluding hydrogens is 280 g/mol. The van der Waals surface area contributed by atoms with Crippen LogP contribution < -0.4 is 15.4 Å². The van der Waals surface area contributed by atoms with Crippen molar-refractivity contribution in [1.82, 2.24) is 0 Å². The van der Waals surface area contributed by atoms with Crippen LogP contribution in [0.25, 0.3) is 0 Å². The van der Waals surface area contributed by atoms with Crippen molar-refractivity contribution >= 4 is 28.7 Å². The Kier molecular flexibility index (Phi) is 4.81. The third-order valence-corrected chi connectivity index (χ3v) is 3.52. The zero-order valence-corrected chi connectivity index (χ0v) is 13.6. The summed E-state index contributed by atoms with van der Waals surface area (Å²) < 4.78 is 5.20. The largest absolute Gasteiger partial charge is 0.497 e. The fourth-order valence-corrected chi connectivity index (χ4v) is 2.35. The molecule has 2 N–H and O–H groups in total. The first kappa shape index (κ1) is 15.3. The second kappa shape index (κ2) is 6.59. The van der Waals surface area contributed by atoms with Crippen molar-refractivity contribution in [1.29, 1.82) is 0 Å². The van der Waals surface area contributed by atoms with E-state index >= 15 is 0 Å². The highest BCUT2D eigenvalue weighted by Crippen LogP contribution is 2.22. The maximum atomic E-state index is 5.38. The first-order valence-electron chi connectivity index (χ1n) is 6.79. The van der Waals surface area contributed by atoms with Gasteiger partial charge in [-0.05, 0) is 68.4 Å². The van der Waals surface area contributed by atoms with Crippen LogP contribution in [0.1, 0.15) is 16.7 Å². The zero-order chi connectivity index (χ0) is 15.4.